The molecular formula is C21H20BrN3O. The van der Waals surface area contributed by atoms with E-state index >= 15 is 0 Å². The molecule has 0 aliphatic heterocycles. The summed E-state index contributed by atoms with van der Waals surface area (Å²) in [4.78, 5) is 14.9. The summed E-state index contributed by atoms with van der Waals surface area (Å²) in [5, 5.41) is 9.81. The zero-order valence-corrected chi connectivity index (χ0v) is 16.2. The number of rotatable bonds is 7. The van der Waals surface area contributed by atoms with Crippen LogP contribution in [0.5, 0.6) is 0 Å². The number of nitriles is 1. The largest absolute Gasteiger partial charge is 0.346 e. The molecular weight excluding hydrogens is 390 g/mol. The summed E-state index contributed by atoms with van der Waals surface area (Å²) in [6.45, 7) is 1.63. The second-order valence-electron chi connectivity index (χ2n) is 6.35. The maximum Gasteiger partial charge on any atom is 0.178 e. The molecule has 4 nitrogen and oxygen atoms in total. The minimum Gasteiger partial charge on any atom is -0.346 e. The van der Waals surface area contributed by atoms with Crippen LogP contribution in [-0.2, 0) is 13.1 Å². The molecule has 0 amide bonds. The van der Waals surface area contributed by atoms with Crippen molar-refractivity contribution in [3.63, 3.8) is 0 Å². The van der Waals surface area contributed by atoms with Crippen molar-refractivity contribution in [1.29, 1.82) is 5.26 Å². The molecule has 0 aliphatic rings. The Labute approximate surface area is 161 Å². The minimum atomic E-state index is 0.0893. The van der Waals surface area contributed by atoms with E-state index < -0.39 is 0 Å². The molecule has 132 valence electrons. The Morgan fingerprint density at radius 2 is 1.92 bits per heavy atom. The van der Waals surface area contributed by atoms with Gasteiger partial charge in [0.1, 0.15) is 0 Å². The van der Waals surface area contributed by atoms with Crippen molar-refractivity contribution in [2.45, 2.75) is 19.5 Å². The molecule has 0 atom stereocenters. The van der Waals surface area contributed by atoms with Crippen molar-refractivity contribution in [1.82, 2.24) is 9.47 Å². The Balaban J connectivity index is 1.79. The van der Waals surface area contributed by atoms with Gasteiger partial charge in [0.25, 0.3) is 0 Å². The molecule has 0 saturated carbocycles. The molecule has 3 aromatic rings. The first-order valence-corrected chi connectivity index (χ1v) is 9.29. The lowest BCUT2D eigenvalue weighted by Gasteiger charge is -2.16. The standard InChI is InChI=1S/C21H20BrN3O/c1-24(13-16-7-2-4-9-19(16)22)15-21(26)18-14-25(12-6-11-23)20-10-5-3-8-17(18)20/h2-5,7-10,14H,6,12-13,15H2,1H3. The molecule has 0 spiro atoms. The lowest BCUT2D eigenvalue weighted by Crippen LogP contribution is -2.25. The predicted octanol–water partition coefficient (Wildman–Crippen LogP) is 4.63. The summed E-state index contributed by atoms with van der Waals surface area (Å²) in [6.07, 6.45) is 2.31. The third-order valence-electron chi connectivity index (χ3n) is 4.37. The predicted molar refractivity (Wildman–Crippen MR) is 107 cm³/mol. The van der Waals surface area contributed by atoms with Crippen LogP contribution >= 0.6 is 15.9 Å². The van der Waals surface area contributed by atoms with Gasteiger partial charge in [0, 0.05) is 40.2 Å². The van der Waals surface area contributed by atoms with E-state index in [0.717, 1.165) is 26.5 Å². The molecule has 0 aliphatic carbocycles. The van der Waals surface area contributed by atoms with Crippen LogP contribution in [0.3, 0.4) is 0 Å². The van der Waals surface area contributed by atoms with Crippen molar-refractivity contribution >= 4 is 32.6 Å². The number of carbonyl (C=O) groups excluding carboxylic acids is 1. The summed E-state index contributed by atoms with van der Waals surface area (Å²) >= 11 is 3.55. The van der Waals surface area contributed by atoms with Crippen molar-refractivity contribution in [2.75, 3.05) is 13.6 Å². The van der Waals surface area contributed by atoms with Gasteiger partial charge in [0.2, 0.25) is 0 Å². The summed E-state index contributed by atoms with van der Waals surface area (Å²) in [7, 11) is 1.95. The number of nitrogens with zero attached hydrogens (tertiary/aromatic N) is 3. The van der Waals surface area contributed by atoms with Crippen LogP contribution in [0.15, 0.2) is 59.2 Å². The highest BCUT2D eigenvalue weighted by molar-refractivity contribution is 9.10. The minimum absolute atomic E-state index is 0.0893. The first kappa shape index (κ1) is 18.4. The molecule has 1 aromatic heterocycles. The van der Waals surface area contributed by atoms with Gasteiger partial charge in [-0.1, -0.05) is 52.3 Å². The van der Waals surface area contributed by atoms with Crippen LogP contribution in [0, 0.1) is 11.3 Å². The maximum atomic E-state index is 12.9. The van der Waals surface area contributed by atoms with E-state index in [1.807, 2.05) is 65.2 Å². The average Bonchev–Trinajstić information content (AvgIpc) is 3.01. The van der Waals surface area contributed by atoms with Gasteiger partial charge in [0.15, 0.2) is 5.78 Å². The van der Waals surface area contributed by atoms with Crippen molar-refractivity contribution < 1.29 is 4.79 Å². The van der Waals surface area contributed by atoms with E-state index in [-0.39, 0.29) is 5.78 Å². The van der Waals surface area contributed by atoms with Crippen LogP contribution in [0.25, 0.3) is 10.9 Å². The zero-order valence-electron chi connectivity index (χ0n) is 14.7. The summed E-state index contributed by atoms with van der Waals surface area (Å²) in [5.74, 6) is 0.0893. The lowest BCUT2D eigenvalue weighted by molar-refractivity contribution is 0.0944. The first-order chi connectivity index (χ1) is 12.6. The Bertz CT molecular complexity index is 971. The van der Waals surface area contributed by atoms with Crippen molar-refractivity contribution in [2.24, 2.45) is 0 Å². The Kier molecular flexibility index (Phi) is 5.87. The highest BCUT2D eigenvalue weighted by Crippen LogP contribution is 2.23. The molecule has 26 heavy (non-hydrogen) atoms. The third kappa shape index (κ3) is 4.04. The van der Waals surface area contributed by atoms with Gasteiger partial charge in [-0.25, -0.2) is 0 Å². The molecule has 0 bridgehead atoms. The number of hydrogen-bond acceptors (Lipinski definition) is 3. The fourth-order valence-electron chi connectivity index (χ4n) is 3.13. The molecule has 2 aromatic carbocycles. The van der Waals surface area contributed by atoms with E-state index in [4.69, 9.17) is 5.26 Å². The second kappa shape index (κ2) is 8.31. The molecule has 1 heterocycles. The molecule has 0 unspecified atom stereocenters. The SMILES string of the molecule is CN(CC(=O)c1cn(CCC#N)c2ccccc12)Cc1ccccc1Br. The second-order valence-corrected chi connectivity index (χ2v) is 7.20. The fraction of sp³-hybridized carbons (Fsp3) is 0.238. The average molecular weight is 410 g/mol. The van der Waals surface area contributed by atoms with Crippen LogP contribution < -0.4 is 0 Å². The number of aromatic nitrogens is 1. The Morgan fingerprint density at radius 3 is 2.69 bits per heavy atom. The fourth-order valence-corrected chi connectivity index (χ4v) is 3.54. The number of para-hydroxylation sites is 1. The quantitative estimate of drug-likeness (QED) is 0.534. The van der Waals surface area contributed by atoms with Gasteiger partial charge >= 0.3 is 0 Å². The molecule has 3 rings (SSSR count). The van der Waals surface area contributed by atoms with Crippen molar-refractivity contribution in [3.8, 4) is 6.07 Å². The number of likely N-dealkylation sites (N-methyl/N-ethyl adjacent to an activating group) is 1. The van der Waals surface area contributed by atoms with Gasteiger partial charge in [-0.2, -0.15) is 5.26 Å². The number of carbonyl (C=O) groups is 1. The number of Topliss-reactive ketones (excluding diaryl/α,β-unsaturated/α-hetero) is 1. The number of fused-ring (bicyclic) bond motifs is 1. The number of ketones is 1. The molecule has 0 radical (unpaired) electrons. The van der Waals surface area contributed by atoms with E-state index in [1.54, 1.807) is 0 Å². The highest BCUT2D eigenvalue weighted by atomic mass is 79.9. The van der Waals surface area contributed by atoms with Gasteiger partial charge in [-0.05, 0) is 24.7 Å². The first-order valence-electron chi connectivity index (χ1n) is 8.50. The summed E-state index contributed by atoms with van der Waals surface area (Å²) < 4.78 is 3.05. The van der Waals surface area contributed by atoms with E-state index in [9.17, 15) is 4.79 Å². The highest BCUT2D eigenvalue weighted by Gasteiger charge is 2.17. The van der Waals surface area contributed by atoms with E-state index in [0.29, 0.717) is 26.1 Å². The lowest BCUT2D eigenvalue weighted by atomic mass is 10.1. The molecule has 0 N–H and O–H groups in total. The topological polar surface area (TPSA) is 49.0 Å². The van der Waals surface area contributed by atoms with Crippen LogP contribution in [0.4, 0.5) is 0 Å². The summed E-state index contributed by atoms with van der Waals surface area (Å²) in [6, 6.07) is 18.1. The summed E-state index contributed by atoms with van der Waals surface area (Å²) in [5.41, 5.74) is 2.87. The monoisotopic (exact) mass is 409 g/mol. The van der Waals surface area contributed by atoms with Gasteiger partial charge < -0.3 is 4.57 Å². The van der Waals surface area contributed by atoms with Gasteiger partial charge in [-0.3, -0.25) is 9.69 Å². The Hall–Kier alpha value is -2.42. The van der Waals surface area contributed by atoms with Crippen LogP contribution in [-0.4, -0.2) is 28.8 Å². The van der Waals surface area contributed by atoms with Gasteiger partial charge in [0.05, 0.1) is 19.0 Å². The van der Waals surface area contributed by atoms with Crippen molar-refractivity contribution in [3.05, 3.63) is 70.3 Å². The molecule has 0 saturated heterocycles. The molecule has 0 fully saturated rings. The number of halogens is 1. The van der Waals surface area contributed by atoms with Crippen LogP contribution in [0.1, 0.15) is 22.3 Å². The van der Waals surface area contributed by atoms with Gasteiger partial charge in [-0.15, -0.1) is 0 Å². The zero-order chi connectivity index (χ0) is 18.5. The maximum absolute atomic E-state index is 12.9. The molecule has 5 heteroatoms. The third-order valence-corrected chi connectivity index (χ3v) is 5.14. The van der Waals surface area contributed by atoms with Crippen LogP contribution in [0.2, 0.25) is 0 Å². The number of aryl methyl sites for hydroxylation is 1. The Morgan fingerprint density at radius 1 is 1.19 bits per heavy atom. The number of benzene rings is 2. The van der Waals surface area contributed by atoms with E-state index in [2.05, 4.69) is 28.1 Å². The van der Waals surface area contributed by atoms with E-state index in [1.165, 1.54) is 0 Å². The number of hydrogen-bond donors (Lipinski definition) is 0. The normalized spacial score (nSPS) is 11.0. The smallest absolute Gasteiger partial charge is 0.178 e.